The average molecular weight is 234 g/mol. The fraction of sp³-hybridized carbons (Fsp3) is 0.900. The molecule has 0 bridgehead atoms. The van der Waals surface area contributed by atoms with Crippen molar-refractivity contribution in [3.05, 3.63) is 0 Å². The number of hydrogen-bond donors (Lipinski definition) is 1. The molecule has 0 aromatic rings. The number of ether oxygens (including phenoxy) is 1. The van der Waals surface area contributed by atoms with Crippen molar-refractivity contribution in [1.29, 1.82) is 0 Å². The lowest BCUT2D eigenvalue weighted by molar-refractivity contribution is -0.159. The molecule has 2 heterocycles. The largest absolute Gasteiger partial charge is 0.456 e. The molecule has 2 aliphatic rings. The highest BCUT2D eigenvalue weighted by molar-refractivity contribution is 5.79. The van der Waals surface area contributed by atoms with Crippen LogP contribution in [-0.2, 0) is 9.53 Å². The van der Waals surface area contributed by atoms with E-state index in [9.17, 15) is 13.6 Å². The van der Waals surface area contributed by atoms with Gasteiger partial charge in [-0.15, -0.1) is 0 Å². The Morgan fingerprint density at radius 3 is 2.94 bits per heavy atom. The van der Waals surface area contributed by atoms with Crippen LogP contribution in [-0.4, -0.2) is 55.1 Å². The summed E-state index contributed by atoms with van der Waals surface area (Å²) in [5.41, 5.74) is 0. The zero-order chi connectivity index (χ0) is 11.8. The van der Waals surface area contributed by atoms with Crippen LogP contribution in [0.3, 0.4) is 0 Å². The van der Waals surface area contributed by atoms with E-state index in [2.05, 4.69) is 15.0 Å². The molecule has 16 heavy (non-hydrogen) atoms. The van der Waals surface area contributed by atoms with Crippen LogP contribution in [0.25, 0.3) is 0 Å². The molecule has 2 aliphatic heterocycles. The van der Waals surface area contributed by atoms with Gasteiger partial charge in [-0.2, -0.15) is 8.78 Å². The second-order valence-electron chi connectivity index (χ2n) is 4.55. The molecule has 1 N–H and O–H groups in total. The first-order chi connectivity index (χ1) is 7.47. The normalized spacial score (nSPS) is 35.1. The first-order valence-corrected chi connectivity index (χ1v) is 5.52. The van der Waals surface area contributed by atoms with Gasteiger partial charge in [-0.3, -0.25) is 4.90 Å². The Morgan fingerprint density at radius 2 is 2.38 bits per heavy atom. The van der Waals surface area contributed by atoms with Crippen LogP contribution in [0.15, 0.2) is 0 Å². The maximum Gasteiger partial charge on any atom is 0.377 e. The molecule has 0 amide bonds. The third-order valence-corrected chi connectivity index (χ3v) is 2.97. The molecular formula is C10H16F2N2O2. The molecule has 2 rings (SSSR count). The number of esters is 1. The van der Waals surface area contributed by atoms with Gasteiger partial charge in [0.05, 0.1) is 6.42 Å². The Labute approximate surface area is 92.9 Å². The van der Waals surface area contributed by atoms with Crippen molar-refractivity contribution >= 4 is 5.97 Å². The maximum absolute atomic E-state index is 12.9. The van der Waals surface area contributed by atoms with E-state index in [1.165, 1.54) is 0 Å². The summed E-state index contributed by atoms with van der Waals surface area (Å²) in [6, 6.07) is 0.353. The number of alkyl halides is 2. The van der Waals surface area contributed by atoms with E-state index in [0.717, 1.165) is 19.6 Å². The van der Waals surface area contributed by atoms with Crippen LogP contribution in [0.1, 0.15) is 13.3 Å². The van der Waals surface area contributed by atoms with Gasteiger partial charge >= 0.3 is 11.9 Å². The quantitative estimate of drug-likeness (QED) is 0.695. The molecular weight excluding hydrogens is 218 g/mol. The van der Waals surface area contributed by atoms with Crippen molar-refractivity contribution in [2.75, 3.05) is 26.2 Å². The van der Waals surface area contributed by atoms with Crippen LogP contribution in [0.4, 0.5) is 8.78 Å². The highest BCUT2D eigenvalue weighted by Crippen LogP contribution is 2.31. The van der Waals surface area contributed by atoms with Gasteiger partial charge in [-0.05, 0) is 6.92 Å². The molecule has 1 unspecified atom stereocenters. The second kappa shape index (κ2) is 4.25. The molecule has 2 saturated heterocycles. The summed E-state index contributed by atoms with van der Waals surface area (Å²) in [7, 11) is 0. The number of rotatable bonds is 2. The Hall–Kier alpha value is -0.750. The zero-order valence-electron chi connectivity index (χ0n) is 9.21. The topological polar surface area (TPSA) is 41.6 Å². The number of piperazine rings is 1. The van der Waals surface area contributed by atoms with Crippen molar-refractivity contribution < 1.29 is 18.3 Å². The van der Waals surface area contributed by atoms with Gasteiger partial charge in [-0.1, -0.05) is 0 Å². The summed E-state index contributed by atoms with van der Waals surface area (Å²) in [5.74, 6) is -4.66. The van der Waals surface area contributed by atoms with Gasteiger partial charge in [0, 0.05) is 32.2 Å². The molecule has 0 spiro atoms. The molecule has 92 valence electrons. The monoisotopic (exact) mass is 234 g/mol. The fourth-order valence-electron chi connectivity index (χ4n) is 2.22. The van der Waals surface area contributed by atoms with E-state index < -0.39 is 24.4 Å². The summed E-state index contributed by atoms with van der Waals surface area (Å²) < 4.78 is 30.5. The molecule has 0 aliphatic carbocycles. The molecule has 0 aromatic heterocycles. The van der Waals surface area contributed by atoms with Crippen molar-refractivity contribution in [2.24, 2.45) is 0 Å². The van der Waals surface area contributed by atoms with Crippen LogP contribution in [0, 0.1) is 0 Å². The van der Waals surface area contributed by atoms with Gasteiger partial charge < -0.3 is 10.1 Å². The van der Waals surface area contributed by atoms with E-state index >= 15 is 0 Å². The van der Waals surface area contributed by atoms with E-state index in [1.807, 2.05) is 6.92 Å². The Bertz CT molecular complexity index is 286. The zero-order valence-corrected chi connectivity index (χ0v) is 9.21. The van der Waals surface area contributed by atoms with Crippen LogP contribution in [0.2, 0.25) is 0 Å². The summed E-state index contributed by atoms with van der Waals surface area (Å²) >= 11 is 0. The van der Waals surface area contributed by atoms with Crippen LogP contribution < -0.4 is 5.32 Å². The minimum Gasteiger partial charge on any atom is -0.456 e. The Kier molecular flexibility index (Phi) is 3.12. The lowest BCUT2D eigenvalue weighted by Gasteiger charge is -2.32. The number of nitrogens with one attached hydrogen (secondary N) is 1. The first-order valence-electron chi connectivity index (χ1n) is 5.52. The lowest BCUT2D eigenvalue weighted by atomic mass is 10.1. The number of nitrogens with zero attached hydrogens (tertiary/aromatic N) is 1. The van der Waals surface area contributed by atoms with Crippen molar-refractivity contribution in [3.63, 3.8) is 0 Å². The number of carbonyl (C=O) groups excluding carboxylic acids is 1. The van der Waals surface area contributed by atoms with Crippen molar-refractivity contribution in [3.8, 4) is 0 Å². The smallest absolute Gasteiger partial charge is 0.377 e. The Balaban J connectivity index is 1.85. The minimum atomic E-state index is -3.29. The van der Waals surface area contributed by atoms with Crippen LogP contribution >= 0.6 is 0 Å². The number of hydrogen-bond acceptors (Lipinski definition) is 4. The minimum absolute atomic E-state index is 0.353. The first kappa shape index (κ1) is 11.7. The SMILES string of the molecule is C[C@H]1CN(CC2CC(F)(F)C(=O)O2)CCN1. The number of carbonyl (C=O) groups is 1. The second-order valence-corrected chi connectivity index (χ2v) is 4.55. The van der Waals surface area contributed by atoms with Gasteiger partial charge in [0.15, 0.2) is 0 Å². The molecule has 4 nitrogen and oxygen atoms in total. The number of halogens is 2. The Morgan fingerprint density at radius 1 is 1.62 bits per heavy atom. The molecule has 0 aromatic carbocycles. The van der Waals surface area contributed by atoms with Crippen LogP contribution in [0.5, 0.6) is 0 Å². The summed E-state index contributed by atoms with van der Waals surface area (Å²) in [6.07, 6.45) is -1.14. The van der Waals surface area contributed by atoms with Gasteiger partial charge in [0.1, 0.15) is 6.10 Å². The molecule has 2 fully saturated rings. The molecule has 0 saturated carbocycles. The third-order valence-electron chi connectivity index (χ3n) is 2.97. The highest BCUT2D eigenvalue weighted by atomic mass is 19.3. The molecule has 2 atom stereocenters. The summed E-state index contributed by atoms with van der Waals surface area (Å²) in [5, 5.41) is 3.26. The predicted molar refractivity (Wildman–Crippen MR) is 53.3 cm³/mol. The number of cyclic esters (lactones) is 1. The maximum atomic E-state index is 12.9. The van der Waals surface area contributed by atoms with Gasteiger partial charge in [-0.25, -0.2) is 4.79 Å². The fourth-order valence-corrected chi connectivity index (χ4v) is 2.22. The molecule has 6 heteroatoms. The standard InChI is InChI=1S/C10H16F2N2O2/c1-7-5-14(3-2-13-7)6-8-4-10(11,12)9(15)16-8/h7-8,13H,2-6H2,1H3/t7-,8?/m0/s1. The molecule has 0 radical (unpaired) electrons. The lowest BCUT2D eigenvalue weighted by Crippen LogP contribution is -2.51. The van der Waals surface area contributed by atoms with E-state index in [4.69, 9.17) is 0 Å². The van der Waals surface area contributed by atoms with E-state index in [-0.39, 0.29) is 0 Å². The third kappa shape index (κ3) is 2.49. The average Bonchev–Trinajstić information content (AvgIpc) is 2.40. The summed E-state index contributed by atoms with van der Waals surface area (Å²) in [6.45, 7) is 4.91. The highest BCUT2D eigenvalue weighted by Gasteiger charge is 2.51. The van der Waals surface area contributed by atoms with Crippen molar-refractivity contribution in [1.82, 2.24) is 10.2 Å². The predicted octanol–water partition coefficient (Wildman–Crippen LogP) is 0.231. The summed E-state index contributed by atoms with van der Waals surface area (Å²) in [4.78, 5) is 12.9. The van der Waals surface area contributed by atoms with Gasteiger partial charge in [0.2, 0.25) is 0 Å². The van der Waals surface area contributed by atoms with E-state index in [0.29, 0.717) is 12.6 Å². The van der Waals surface area contributed by atoms with Crippen molar-refractivity contribution in [2.45, 2.75) is 31.4 Å². The van der Waals surface area contributed by atoms with E-state index in [1.54, 1.807) is 0 Å². The van der Waals surface area contributed by atoms with Gasteiger partial charge in [0.25, 0.3) is 0 Å².